The smallest absolute Gasteiger partial charge is 0.219 e. The van der Waals surface area contributed by atoms with Crippen LogP contribution in [0, 0.1) is 0 Å². The van der Waals surface area contributed by atoms with E-state index in [-0.39, 0.29) is 0 Å². The first-order chi connectivity index (χ1) is 8.69. The van der Waals surface area contributed by atoms with Crippen molar-refractivity contribution in [2.75, 3.05) is 11.9 Å². The fourth-order valence-electron chi connectivity index (χ4n) is 2.21. The Balaban J connectivity index is 2.16. The zero-order valence-electron chi connectivity index (χ0n) is 11.6. The minimum Gasteiger partial charge on any atom is -0.474 e. The van der Waals surface area contributed by atoms with Crippen molar-refractivity contribution in [2.24, 2.45) is 0 Å². The summed E-state index contributed by atoms with van der Waals surface area (Å²) < 4.78 is 5.96. The number of nitrogens with zero attached hydrogens (tertiary/aromatic N) is 2. The molecule has 2 rings (SSSR count). The second kappa shape index (κ2) is 6.03. The minimum absolute atomic E-state index is 0.314. The van der Waals surface area contributed by atoms with E-state index >= 15 is 0 Å². The Bertz CT molecular complexity index is 387. The fraction of sp³-hybridized carbons (Fsp3) is 0.714. The molecule has 1 fully saturated rings. The normalized spacial score (nSPS) is 16.2. The third-order valence-corrected chi connectivity index (χ3v) is 3.18. The topological polar surface area (TPSA) is 47.0 Å². The largest absolute Gasteiger partial charge is 0.474 e. The van der Waals surface area contributed by atoms with Gasteiger partial charge in [-0.3, -0.25) is 0 Å². The van der Waals surface area contributed by atoms with Crippen molar-refractivity contribution in [1.82, 2.24) is 9.97 Å². The summed E-state index contributed by atoms with van der Waals surface area (Å²) in [5.74, 6) is 2.75. The third-order valence-electron chi connectivity index (χ3n) is 3.18. The van der Waals surface area contributed by atoms with E-state index in [0.29, 0.717) is 12.0 Å². The molecule has 0 spiro atoms. The van der Waals surface area contributed by atoms with E-state index in [9.17, 15) is 0 Å². The van der Waals surface area contributed by atoms with Gasteiger partial charge < -0.3 is 10.1 Å². The van der Waals surface area contributed by atoms with Crippen molar-refractivity contribution < 1.29 is 4.74 Å². The van der Waals surface area contributed by atoms with Gasteiger partial charge in [-0.15, -0.1) is 0 Å². The molecule has 0 bridgehead atoms. The van der Waals surface area contributed by atoms with Gasteiger partial charge in [-0.05, 0) is 32.6 Å². The molecule has 1 heterocycles. The standard InChI is InChI=1S/C14H23N3O/c1-4-15-12-9-13(17-14(16-12)10(2)3)18-11-7-5-6-8-11/h9-11H,4-8H2,1-3H3,(H,15,16,17). The van der Waals surface area contributed by atoms with E-state index in [1.165, 1.54) is 12.8 Å². The van der Waals surface area contributed by atoms with Crippen LogP contribution in [0.3, 0.4) is 0 Å². The van der Waals surface area contributed by atoms with Gasteiger partial charge in [0.15, 0.2) is 0 Å². The molecule has 0 saturated heterocycles. The second-order valence-electron chi connectivity index (χ2n) is 5.16. The summed E-state index contributed by atoms with van der Waals surface area (Å²) >= 11 is 0. The lowest BCUT2D eigenvalue weighted by molar-refractivity contribution is 0.200. The van der Waals surface area contributed by atoms with E-state index in [0.717, 1.165) is 36.9 Å². The maximum absolute atomic E-state index is 5.96. The molecule has 0 amide bonds. The molecule has 4 nitrogen and oxygen atoms in total. The highest BCUT2D eigenvalue weighted by atomic mass is 16.5. The van der Waals surface area contributed by atoms with E-state index in [4.69, 9.17) is 4.74 Å². The zero-order chi connectivity index (χ0) is 13.0. The van der Waals surface area contributed by atoms with Crippen LogP contribution in [0.25, 0.3) is 0 Å². The number of hydrogen-bond acceptors (Lipinski definition) is 4. The van der Waals surface area contributed by atoms with Gasteiger partial charge in [-0.25, -0.2) is 4.98 Å². The quantitative estimate of drug-likeness (QED) is 0.869. The molecule has 1 aromatic rings. The monoisotopic (exact) mass is 249 g/mol. The van der Waals surface area contributed by atoms with Gasteiger partial charge >= 0.3 is 0 Å². The summed E-state index contributed by atoms with van der Waals surface area (Å²) in [6.45, 7) is 7.13. The van der Waals surface area contributed by atoms with Crippen LogP contribution in [0.15, 0.2) is 6.07 Å². The van der Waals surface area contributed by atoms with Gasteiger partial charge in [-0.1, -0.05) is 13.8 Å². The molecule has 100 valence electrons. The summed E-state index contributed by atoms with van der Waals surface area (Å²) in [5.41, 5.74) is 0. The molecule has 0 unspecified atom stereocenters. The molecule has 4 heteroatoms. The Morgan fingerprint density at radius 1 is 1.33 bits per heavy atom. The number of nitrogens with one attached hydrogen (secondary N) is 1. The maximum Gasteiger partial charge on any atom is 0.219 e. The number of ether oxygens (including phenoxy) is 1. The van der Waals surface area contributed by atoms with Gasteiger partial charge in [0.25, 0.3) is 0 Å². The lowest BCUT2D eigenvalue weighted by Gasteiger charge is -2.15. The predicted octanol–water partition coefficient (Wildman–Crippen LogP) is 3.35. The van der Waals surface area contributed by atoms with Crippen LogP contribution in [-0.2, 0) is 0 Å². The predicted molar refractivity (Wildman–Crippen MR) is 73.2 cm³/mol. The van der Waals surface area contributed by atoms with Crippen LogP contribution < -0.4 is 10.1 Å². The van der Waals surface area contributed by atoms with Gasteiger partial charge in [-0.2, -0.15) is 4.98 Å². The lowest BCUT2D eigenvalue weighted by Crippen LogP contribution is -2.14. The molecule has 0 atom stereocenters. The zero-order valence-corrected chi connectivity index (χ0v) is 11.6. The molecule has 1 saturated carbocycles. The van der Waals surface area contributed by atoms with E-state index in [1.807, 2.05) is 6.07 Å². The molecular weight excluding hydrogens is 226 g/mol. The summed E-state index contributed by atoms with van der Waals surface area (Å²) in [5, 5.41) is 3.24. The molecule has 1 N–H and O–H groups in total. The van der Waals surface area contributed by atoms with Crippen LogP contribution in [-0.4, -0.2) is 22.6 Å². The number of hydrogen-bond donors (Lipinski definition) is 1. The molecule has 1 aromatic heterocycles. The van der Waals surface area contributed by atoms with Crippen LogP contribution >= 0.6 is 0 Å². The highest BCUT2D eigenvalue weighted by Gasteiger charge is 2.18. The van der Waals surface area contributed by atoms with Crippen molar-refractivity contribution in [3.05, 3.63) is 11.9 Å². The van der Waals surface area contributed by atoms with Gasteiger partial charge in [0.2, 0.25) is 5.88 Å². The van der Waals surface area contributed by atoms with E-state index in [2.05, 4.69) is 36.1 Å². The fourth-order valence-corrected chi connectivity index (χ4v) is 2.21. The average molecular weight is 249 g/mol. The second-order valence-corrected chi connectivity index (χ2v) is 5.16. The van der Waals surface area contributed by atoms with Crippen molar-refractivity contribution in [3.63, 3.8) is 0 Å². The van der Waals surface area contributed by atoms with Gasteiger partial charge in [0.1, 0.15) is 17.7 Å². The lowest BCUT2D eigenvalue weighted by atomic mass is 10.2. The Labute approximate surface area is 109 Å². The molecule has 0 aromatic carbocycles. The Kier molecular flexibility index (Phi) is 4.39. The maximum atomic E-state index is 5.96. The van der Waals surface area contributed by atoms with Crippen LogP contribution in [0.5, 0.6) is 5.88 Å². The van der Waals surface area contributed by atoms with E-state index < -0.39 is 0 Å². The van der Waals surface area contributed by atoms with Crippen molar-refractivity contribution in [2.45, 2.75) is 58.5 Å². The van der Waals surface area contributed by atoms with E-state index in [1.54, 1.807) is 0 Å². The Morgan fingerprint density at radius 3 is 2.67 bits per heavy atom. The first-order valence-corrected chi connectivity index (χ1v) is 6.98. The summed E-state index contributed by atoms with van der Waals surface area (Å²) in [6, 6.07) is 1.91. The van der Waals surface area contributed by atoms with Crippen LogP contribution in [0.4, 0.5) is 5.82 Å². The highest BCUT2D eigenvalue weighted by molar-refractivity contribution is 5.38. The van der Waals surface area contributed by atoms with Crippen LogP contribution in [0.1, 0.15) is 58.2 Å². The molecule has 18 heavy (non-hydrogen) atoms. The van der Waals surface area contributed by atoms with Gasteiger partial charge in [0.05, 0.1) is 0 Å². The molecule has 1 aliphatic carbocycles. The summed E-state index contributed by atoms with van der Waals surface area (Å²) in [4.78, 5) is 9.00. The molecule has 0 aliphatic heterocycles. The van der Waals surface area contributed by atoms with Crippen LogP contribution in [0.2, 0.25) is 0 Å². The minimum atomic E-state index is 0.314. The summed E-state index contributed by atoms with van der Waals surface area (Å²) in [7, 11) is 0. The van der Waals surface area contributed by atoms with Gasteiger partial charge in [0, 0.05) is 18.5 Å². The van der Waals surface area contributed by atoms with Crippen molar-refractivity contribution in [3.8, 4) is 5.88 Å². The molecule has 0 radical (unpaired) electrons. The molecular formula is C14H23N3O. The van der Waals surface area contributed by atoms with Crippen molar-refractivity contribution in [1.29, 1.82) is 0 Å². The average Bonchev–Trinajstić information content (AvgIpc) is 2.82. The SMILES string of the molecule is CCNc1cc(OC2CCCC2)nc(C(C)C)n1. The Hall–Kier alpha value is -1.32. The molecule has 1 aliphatic rings. The number of anilines is 1. The first-order valence-electron chi connectivity index (χ1n) is 6.98. The van der Waals surface area contributed by atoms with Crippen molar-refractivity contribution >= 4 is 5.82 Å². The Morgan fingerprint density at radius 2 is 2.06 bits per heavy atom. The summed E-state index contributed by atoms with van der Waals surface area (Å²) in [6.07, 6.45) is 5.18. The highest BCUT2D eigenvalue weighted by Crippen LogP contribution is 2.25. The number of aromatic nitrogens is 2. The first kappa shape index (κ1) is 13.1. The number of rotatable bonds is 5. The third kappa shape index (κ3) is 3.34.